The van der Waals surface area contributed by atoms with Crippen LogP contribution in [0.25, 0.3) is 0 Å². The van der Waals surface area contributed by atoms with E-state index < -0.39 is 12.0 Å². The van der Waals surface area contributed by atoms with Crippen molar-refractivity contribution in [2.75, 3.05) is 0 Å². The van der Waals surface area contributed by atoms with Gasteiger partial charge >= 0.3 is 5.97 Å². The number of rotatable bonds is 4. The number of carboxylic acids is 1. The number of aliphatic carboxylic acids is 1. The van der Waals surface area contributed by atoms with Gasteiger partial charge in [-0.1, -0.05) is 27.7 Å². The molecule has 0 aromatic carbocycles. The zero-order chi connectivity index (χ0) is 9.89. The van der Waals surface area contributed by atoms with Crippen molar-refractivity contribution in [2.45, 2.75) is 33.7 Å². The Hall–Kier alpha value is -0.570. The number of carbonyl (C=O) groups is 1. The molecule has 0 aromatic heterocycles. The SMILES string of the molecule is CC(C)C(C)C(C)C(N)C(=O)O. The molecule has 0 aliphatic carbocycles. The summed E-state index contributed by atoms with van der Waals surface area (Å²) < 4.78 is 0. The van der Waals surface area contributed by atoms with E-state index in [1.54, 1.807) is 0 Å². The highest BCUT2D eigenvalue weighted by molar-refractivity contribution is 5.73. The van der Waals surface area contributed by atoms with Crippen molar-refractivity contribution >= 4 is 5.97 Å². The number of hydrogen-bond acceptors (Lipinski definition) is 2. The molecule has 0 aliphatic rings. The van der Waals surface area contributed by atoms with Crippen LogP contribution in [-0.4, -0.2) is 17.1 Å². The van der Waals surface area contributed by atoms with Gasteiger partial charge in [-0.25, -0.2) is 0 Å². The van der Waals surface area contributed by atoms with Crippen LogP contribution in [0.5, 0.6) is 0 Å². The standard InChI is InChI=1S/C9H19NO2/c1-5(2)6(3)7(4)8(10)9(11)12/h5-8H,10H2,1-4H3,(H,11,12). The van der Waals surface area contributed by atoms with Gasteiger partial charge in [-0.05, 0) is 17.8 Å². The van der Waals surface area contributed by atoms with Crippen molar-refractivity contribution in [2.24, 2.45) is 23.5 Å². The molecular formula is C9H19NO2. The third kappa shape index (κ3) is 2.81. The molecule has 0 spiro atoms. The molecule has 3 unspecified atom stereocenters. The molecule has 0 aliphatic heterocycles. The Morgan fingerprint density at radius 1 is 1.17 bits per heavy atom. The molecule has 3 atom stereocenters. The maximum Gasteiger partial charge on any atom is 0.320 e. The van der Waals surface area contributed by atoms with Crippen LogP contribution in [0.3, 0.4) is 0 Å². The minimum Gasteiger partial charge on any atom is -0.480 e. The van der Waals surface area contributed by atoms with E-state index in [1.165, 1.54) is 0 Å². The van der Waals surface area contributed by atoms with Crippen molar-refractivity contribution in [3.8, 4) is 0 Å². The maximum atomic E-state index is 10.5. The van der Waals surface area contributed by atoms with Crippen LogP contribution in [0.4, 0.5) is 0 Å². The molecule has 0 radical (unpaired) electrons. The molecule has 0 heterocycles. The van der Waals surface area contributed by atoms with E-state index in [-0.39, 0.29) is 5.92 Å². The Bertz CT molecular complexity index is 157. The van der Waals surface area contributed by atoms with Gasteiger partial charge in [0, 0.05) is 0 Å². The van der Waals surface area contributed by atoms with Crippen molar-refractivity contribution in [3.63, 3.8) is 0 Å². The molecule has 0 amide bonds. The second kappa shape index (κ2) is 4.45. The van der Waals surface area contributed by atoms with E-state index in [9.17, 15) is 4.79 Å². The van der Waals surface area contributed by atoms with Gasteiger partial charge in [0.2, 0.25) is 0 Å². The third-order valence-electron chi connectivity index (χ3n) is 2.73. The molecule has 3 nitrogen and oxygen atoms in total. The Morgan fingerprint density at radius 3 is 1.83 bits per heavy atom. The minimum atomic E-state index is -0.907. The molecule has 0 bridgehead atoms. The monoisotopic (exact) mass is 173 g/mol. The van der Waals surface area contributed by atoms with Gasteiger partial charge in [-0.15, -0.1) is 0 Å². The van der Waals surface area contributed by atoms with Crippen molar-refractivity contribution in [1.82, 2.24) is 0 Å². The van der Waals surface area contributed by atoms with E-state index >= 15 is 0 Å². The summed E-state index contributed by atoms with van der Waals surface area (Å²) in [5.41, 5.74) is 5.50. The lowest BCUT2D eigenvalue weighted by atomic mass is 9.82. The first-order valence-electron chi connectivity index (χ1n) is 4.36. The number of carboxylic acid groups (broad SMARTS) is 1. The second-order valence-corrected chi connectivity index (χ2v) is 3.83. The van der Waals surface area contributed by atoms with Crippen molar-refractivity contribution in [3.05, 3.63) is 0 Å². The molecule has 72 valence electrons. The van der Waals surface area contributed by atoms with E-state index in [1.807, 2.05) is 13.8 Å². The minimum absolute atomic E-state index is 0.0301. The average molecular weight is 173 g/mol. The van der Waals surface area contributed by atoms with Gasteiger partial charge in [-0.2, -0.15) is 0 Å². The maximum absolute atomic E-state index is 10.5. The largest absolute Gasteiger partial charge is 0.480 e. The Morgan fingerprint density at radius 2 is 1.58 bits per heavy atom. The fraction of sp³-hybridized carbons (Fsp3) is 0.889. The Kier molecular flexibility index (Phi) is 4.24. The molecule has 3 N–H and O–H groups in total. The lowest BCUT2D eigenvalue weighted by molar-refractivity contribution is -0.140. The highest BCUT2D eigenvalue weighted by atomic mass is 16.4. The smallest absolute Gasteiger partial charge is 0.320 e. The summed E-state index contributed by atoms with van der Waals surface area (Å²) >= 11 is 0. The molecule has 0 saturated carbocycles. The van der Waals surface area contributed by atoms with Gasteiger partial charge in [0.1, 0.15) is 6.04 Å². The first-order valence-corrected chi connectivity index (χ1v) is 4.36. The molecular weight excluding hydrogens is 154 g/mol. The van der Waals surface area contributed by atoms with E-state index in [0.29, 0.717) is 11.8 Å². The summed E-state index contributed by atoms with van der Waals surface area (Å²) in [4.78, 5) is 10.5. The first kappa shape index (κ1) is 11.4. The Balaban J connectivity index is 4.18. The molecule has 0 saturated heterocycles. The molecule has 0 aromatic rings. The fourth-order valence-corrected chi connectivity index (χ4v) is 1.16. The summed E-state index contributed by atoms with van der Waals surface area (Å²) in [5, 5.41) is 8.66. The predicted molar refractivity (Wildman–Crippen MR) is 48.8 cm³/mol. The van der Waals surface area contributed by atoms with Crippen molar-refractivity contribution in [1.29, 1.82) is 0 Å². The van der Waals surface area contributed by atoms with Gasteiger partial charge in [0.15, 0.2) is 0 Å². The van der Waals surface area contributed by atoms with Crippen LogP contribution in [0.15, 0.2) is 0 Å². The van der Waals surface area contributed by atoms with Gasteiger partial charge in [0.05, 0.1) is 0 Å². The van der Waals surface area contributed by atoms with Crippen LogP contribution in [-0.2, 0) is 4.79 Å². The molecule has 3 heteroatoms. The lowest BCUT2D eigenvalue weighted by Gasteiger charge is -2.26. The van der Waals surface area contributed by atoms with Gasteiger partial charge in [0.25, 0.3) is 0 Å². The van der Waals surface area contributed by atoms with Crippen LogP contribution < -0.4 is 5.73 Å². The van der Waals surface area contributed by atoms with Crippen LogP contribution >= 0.6 is 0 Å². The van der Waals surface area contributed by atoms with Crippen LogP contribution in [0.2, 0.25) is 0 Å². The average Bonchev–Trinajstić information content (AvgIpc) is 2.00. The van der Waals surface area contributed by atoms with Gasteiger partial charge < -0.3 is 10.8 Å². The summed E-state index contributed by atoms with van der Waals surface area (Å²) in [6.45, 7) is 8.09. The van der Waals surface area contributed by atoms with E-state index in [2.05, 4.69) is 13.8 Å². The fourth-order valence-electron chi connectivity index (χ4n) is 1.16. The first-order chi connectivity index (χ1) is 5.37. The normalized spacial score (nSPS) is 18.8. The predicted octanol–water partition coefficient (Wildman–Crippen LogP) is 1.33. The summed E-state index contributed by atoms with van der Waals surface area (Å²) in [6.07, 6.45) is 0. The zero-order valence-corrected chi connectivity index (χ0v) is 8.24. The summed E-state index contributed by atoms with van der Waals surface area (Å²) in [5.74, 6) is -0.0565. The quantitative estimate of drug-likeness (QED) is 0.674. The van der Waals surface area contributed by atoms with E-state index in [4.69, 9.17) is 10.8 Å². The second-order valence-electron chi connectivity index (χ2n) is 3.83. The van der Waals surface area contributed by atoms with Crippen LogP contribution in [0, 0.1) is 17.8 Å². The molecule has 12 heavy (non-hydrogen) atoms. The van der Waals surface area contributed by atoms with Gasteiger partial charge in [-0.3, -0.25) is 4.79 Å². The zero-order valence-electron chi connectivity index (χ0n) is 8.24. The third-order valence-corrected chi connectivity index (χ3v) is 2.73. The van der Waals surface area contributed by atoms with E-state index in [0.717, 1.165) is 0 Å². The lowest BCUT2D eigenvalue weighted by Crippen LogP contribution is -2.40. The number of nitrogens with two attached hydrogens (primary N) is 1. The van der Waals surface area contributed by atoms with Crippen LogP contribution in [0.1, 0.15) is 27.7 Å². The highest BCUT2D eigenvalue weighted by Crippen LogP contribution is 2.21. The number of hydrogen-bond donors (Lipinski definition) is 2. The highest BCUT2D eigenvalue weighted by Gasteiger charge is 2.26. The molecule has 0 rings (SSSR count). The Labute approximate surface area is 74.0 Å². The summed E-state index contributed by atoms with van der Waals surface area (Å²) in [7, 11) is 0. The molecule has 0 fully saturated rings. The van der Waals surface area contributed by atoms with Crippen molar-refractivity contribution < 1.29 is 9.90 Å². The summed E-state index contributed by atoms with van der Waals surface area (Å²) in [6, 6.07) is -0.734. The topological polar surface area (TPSA) is 63.3 Å².